The first kappa shape index (κ1) is 18.6. The average Bonchev–Trinajstić information content (AvgIpc) is 2.96. The molecule has 5 nitrogen and oxygen atoms in total. The molecule has 0 aliphatic heterocycles. The average molecular weight is 436 g/mol. The quantitative estimate of drug-likeness (QED) is 0.508. The van der Waals surface area contributed by atoms with Crippen molar-refractivity contribution in [2.45, 2.75) is 26.4 Å². The van der Waals surface area contributed by atoms with E-state index in [0.717, 1.165) is 10.0 Å². The van der Waals surface area contributed by atoms with E-state index < -0.39 is 6.10 Å². The lowest BCUT2D eigenvalue weighted by atomic mass is 10.1. The van der Waals surface area contributed by atoms with E-state index >= 15 is 0 Å². The van der Waals surface area contributed by atoms with E-state index in [0.29, 0.717) is 27.7 Å². The van der Waals surface area contributed by atoms with E-state index in [4.69, 9.17) is 20.9 Å². The molecule has 0 aliphatic rings. The van der Waals surface area contributed by atoms with Crippen LogP contribution in [0.2, 0.25) is 5.02 Å². The maximum absolute atomic E-state index is 12.4. The Kier molecular flexibility index (Phi) is 5.74. The largest absolute Gasteiger partial charge is 0.457 e. The van der Waals surface area contributed by atoms with Gasteiger partial charge in [0.05, 0.1) is 12.1 Å². The maximum Gasteiger partial charge on any atom is 0.311 e. The number of aromatic nitrogens is 2. The van der Waals surface area contributed by atoms with E-state index in [-0.39, 0.29) is 12.4 Å². The number of rotatable bonds is 5. The number of carbonyl (C=O) groups is 1. The second-order valence-corrected chi connectivity index (χ2v) is 7.09. The molecule has 1 aromatic carbocycles. The maximum atomic E-state index is 12.4. The number of hydrogen-bond acceptors (Lipinski definition) is 5. The molecule has 1 atom stereocenters. The molecule has 26 heavy (non-hydrogen) atoms. The number of pyridine rings is 1. The Labute approximate surface area is 164 Å². The van der Waals surface area contributed by atoms with Crippen molar-refractivity contribution in [3.63, 3.8) is 0 Å². The fourth-order valence-corrected chi connectivity index (χ4v) is 3.08. The Morgan fingerprint density at radius 3 is 2.77 bits per heavy atom. The Bertz CT molecular complexity index is 925. The monoisotopic (exact) mass is 434 g/mol. The van der Waals surface area contributed by atoms with Crippen LogP contribution in [0, 0.1) is 6.92 Å². The van der Waals surface area contributed by atoms with Gasteiger partial charge in [-0.25, -0.2) is 0 Å². The Morgan fingerprint density at radius 2 is 2.08 bits per heavy atom. The minimum absolute atomic E-state index is 0.0389. The van der Waals surface area contributed by atoms with Gasteiger partial charge in [-0.2, -0.15) is 0 Å². The van der Waals surface area contributed by atoms with Gasteiger partial charge in [0.2, 0.25) is 0 Å². The van der Waals surface area contributed by atoms with Crippen LogP contribution in [0.25, 0.3) is 11.5 Å². The first-order chi connectivity index (χ1) is 12.5. The second-order valence-electron chi connectivity index (χ2n) is 5.77. The topological polar surface area (TPSA) is 65.2 Å². The zero-order chi connectivity index (χ0) is 18.7. The molecule has 0 saturated heterocycles. The highest BCUT2D eigenvalue weighted by Crippen LogP contribution is 2.28. The summed E-state index contributed by atoms with van der Waals surface area (Å²) in [6, 6.07) is 10.9. The number of esters is 1. The lowest BCUT2D eigenvalue weighted by Gasteiger charge is -2.15. The fourth-order valence-electron chi connectivity index (χ4n) is 2.56. The van der Waals surface area contributed by atoms with Gasteiger partial charge in [0.15, 0.2) is 5.76 Å². The van der Waals surface area contributed by atoms with E-state index in [1.54, 1.807) is 32.2 Å². The van der Waals surface area contributed by atoms with Crippen molar-refractivity contribution in [3.8, 4) is 11.5 Å². The van der Waals surface area contributed by atoms with Gasteiger partial charge in [-0.3, -0.25) is 9.78 Å². The third-order valence-corrected chi connectivity index (χ3v) is 4.73. The Morgan fingerprint density at radius 1 is 1.31 bits per heavy atom. The summed E-state index contributed by atoms with van der Waals surface area (Å²) in [6.45, 7) is 3.57. The minimum Gasteiger partial charge on any atom is -0.457 e. The smallest absolute Gasteiger partial charge is 0.311 e. The zero-order valence-corrected chi connectivity index (χ0v) is 16.5. The highest BCUT2D eigenvalue weighted by atomic mass is 79.9. The van der Waals surface area contributed by atoms with Crippen molar-refractivity contribution in [1.82, 2.24) is 10.1 Å². The summed E-state index contributed by atoms with van der Waals surface area (Å²) in [5.74, 6) is 0.0828. The van der Waals surface area contributed by atoms with Crippen molar-refractivity contribution in [3.05, 3.63) is 68.9 Å². The summed E-state index contributed by atoms with van der Waals surface area (Å²) in [7, 11) is 0. The zero-order valence-electron chi connectivity index (χ0n) is 14.2. The molecule has 0 amide bonds. The SMILES string of the molecule is Cc1noc(-c2ccc(Br)cn2)c1CC(=O)OC(C)c1ccccc1Cl. The molecule has 3 aromatic rings. The molecule has 2 aromatic heterocycles. The predicted molar refractivity (Wildman–Crippen MR) is 102 cm³/mol. The van der Waals surface area contributed by atoms with Gasteiger partial charge in [-0.1, -0.05) is 35.0 Å². The number of aryl methyl sites for hydroxylation is 1. The van der Waals surface area contributed by atoms with Gasteiger partial charge >= 0.3 is 5.97 Å². The molecule has 134 valence electrons. The molecule has 0 bridgehead atoms. The van der Waals surface area contributed by atoms with Crippen LogP contribution in [0.1, 0.15) is 29.8 Å². The van der Waals surface area contributed by atoms with Crippen LogP contribution in [0.15, 0.2) is 51.6 Å². The van der Waals surface area contributed by atoms with Crippen LogP contribution in [-0.4, -0.2) is 16.1 Å². The van der Waals surface area contributed by atoms with Crippen LogP contribution in [-0.2, 0) is 16.0 Å². The lowest BCUT2D eigenvalue weighted by molar-refractivity contribution is -0.147. The molecule has 3 rings (SSSR count). The molecular weight excluding hydrogens is 420 g/mol. The van der Waals surface area contributed by atoms with Gasteiger partial charge in [-0.05, 0) is 48.0 Å². The molecule has 0 radical (unpaired) electrons. The minimum atomic E-state index is -0.453. The highest BCUT2D eigenvalue weighted by Gasteiger charge is 2.21. The van der Waals surface area contributed by atoms with Crippen LogP contribution < -0.4 is 0 Å². The van der Waals surface area contributed by atoms with Gasteiger partial charge in [0.25, 0.3) is 0 Å². The lowest BCUT2D eigenvalue weighted by Crippen LogP contribution is -2.12. The number of hydrogen-bond donors (Lipinski definition) is 0. The van der Waals surface area contributed by atoms with Crippen LogP contribution in [0.4, 0.5) is 0 Å². The first-order valence-corrected chi connectivity index (χ1v) is 9.13. The van der Waals surface area contributed by atoms with E-state index in [1.165, 1.54) is 0 Å². The molecule has 0 fully saturated rings. The first-order valence-electron chi connectivity index (χ1n) is 7.96. The van der Waals surface area contributed by atoms with Crippen molar-refractivity contribution in [2.75, 3.05) is 0 Å². The van der Waals surface area contributed by atoms with E-state index in [2.05, 4.69) is 26.1 Å². The number of benzene rings is 1. The summed E-state index contributed by atoms with van der Waals surface area (Å²) in [5, 5.41) is 4.53. The summed E-state index contributed by atoms with van der Waals surface area (Å²) in [6.07, 6.45) is 1.25. The molecule has 0 N–H and O–H groups in total. The Balaban J connectivity index is 1.77. The van der Waals surface area contributed by atoms with Gasteiger partial charge < -0.3 is 9.26 Å². The Hall–Kier alpha value is -2.18. The molecule has 0 spiro atoms. The van der Waals surface area contributed by atoms with Crippen LogP contribution in [0.5, 0.6) is 0 Å². The molecule has 0 saturated carbocycles. The van der Waals surface area contributed by atoms with Gasteiger partial charge in [0.1, 0.15) is 11.8 Å². The summed E-state index contributed by atoms with van der Waals surface area (Å²) >= 11 is 9.50. The predicted octanol–water partition coefficient (Wildman–Crippen LogP) is 5.31. The van der Waals surface area contributed by atoms with Gasteiger partial charge in [0, 0.05) is 26.8 Å². The van der Waals surface area contributed by atoms with Gasteiger partial charge in [-0.15, -0.1) is 0 Å². The molecule has 1 unspecified atom stereocenters. The molecular formula is C19H16BrClN2O3. The third kappa shape index (κ3) is 4.14. The highest BCUT2D eigenvalue weighted by molar-refractivity contribution is 9.10. The molecule has 2 heterocycles. The second kappa shape index (κ2) is 8.01. The third-order valence-electron chi connectivity index (χ3n) is 3.92. The fraction of sp³-hybridized carbons (Fsp3) is 0.211. The summed E-state index contributed by atoms with van der Waals surface area (Å²) in [4.78, 5) is 16.7. The summed E-state index contributed by atoms with van der Waals surface area (Å²) < 4.78 is 11.8. The van der Waals surface area contributed by atoms with Crippen molar-refractivity contribution in [2.24, 2.45) is 0 Å². The van der Waals surface area contributed by atoms with Crippen molar-refractivity contribution in [1.29, 1.82) is 0 Å². The van der Waals surface area contributed by atoms with E-state index in [9.17, 15) is 4.79 Å². The molecule has 7 heteroatoms. The number of ether oxygens (including phenoxy) is 1. The normalized spacial score (nSPS) is 12.0. The van der Waals surface area contributed by atoms with Crippen molar-refractivity contribution < 1.29 is 14.1 Å². The van der Waals surface area contributed by atoms with E-state index in [1.807, 2.05) is 24.3 Å². The van der Waals surface area contributed by atoms with Crippen molar-refractivity contribution >= 4 is 33.5 Å². The number of carbonyl (C=O) groups excluding carboxylic acids is 1. The van der Waals surface area contributed by atoms with Crippen LogP contribution in [0.3, 0.4) is 0 Å². The summed E-state index contributed by atoms with van der Waals surface area (Å²) in [5.41, 5.74) is 2.67. The molecule has 0 aliphatic carbocycles. The standard InChI is InChI=1S/C19H16BrClN2O3/c1-11-15(19(26-23-11)17-8-7-13(20)10-22-17)9-18(24)25-12(2)14-5-3-4-6-16(14)21/h3-8,10,12H,9H2,1-2H3. The van der Waals surface area contributed by atoms with Crippen LogP contribution >= 0.6 is 27.5 Å². The number of nitrogens with zero attached hydrogens (tertiary/aromatic N) is 2. The number of halogens is 2.